The summed E-state index contributed by atoms with van der Waals surface area (Å²) in [5.74, 6) is -1.19. The second kappa shape index (κ2) is 8.12. The molecule has 2 N–H and O–H groups in total. The molecule has 0 bridgehead atoms. The van der Waals surface area contributed by atoms with E-state index < -0.39 is 16.7 Å². The molecule has 0 unspecified atom stereocenters. The van der Waals surface area contributed by atoms with Gasteiger partial charge in [-0.2, -0.15) is 5.10 Å². The minimum atomic E-state index is -0.662. The molecular formula is C19H17N5O4. The molecule has 0 saturated carbocycles. The Morgan fingerprint density at radius 3 is 2.46 bits per heavy atom. The predicted octanol–water partition coefficient (Wildman–Crippen LogP) is 2.42. The third-order valence-electron chi connectivity index (χ3n) is 4.06. The van der Waals surface area contributed by atoms with Crippen LogP contribution >= 0.6 is 0 Å². The SMILES string of the molecule is CCc1c(C(=O)NNC(=O)c2cccc([N+](=O)[O-])c2)cnn1-c1ccccc1. The van der Waals surface area contributed by atoms with Crippen molar-refractivity contribution in [3.63, 3.8) is 0 Å². The number of carbonyl (C=O) groups excluding carboxylic acids is 2. The van der Waals surface area contributed by atoms with Gasteiger partial charge in [-0.05, 0) is 24.6 Å². The summed E-state index contributed by atoms with van der Waals surface area (Å²) in [5.41, 5.74) is 6.27. The molecular weight excluding hydrogens is 362 g/mol. The maximum Gasteiger partial charge on any atom is 0.273 e. The van der Waals surface area contributed by atoms with Gasteiger partial charge in [0.15, 0.2) is 0 Å². The molecule has 9 nitrogen and oxygen atoms in total. The maximum atomic E-state index is 12.5. The topological polar surface area (TPSA) is 119 Å². The van der Waals surface area contributed by atoms with Crippen LogP contribution < -0.4 is 10.9 Å². The van der Waals surface area contributed by atoms with Crippen LogP contribution in [0.5, 0.6) is 0 Å². The van der Waals surface area contributed by atoms with Gasteiger partial charge in [-0.15, -0.1) is 0 Å². The number of nitrogens with zero attached hydrogens (tertiary/aromatic N) is 3. The lowest BCUT2D eigenvalue weighted by Crippen LogP contribution is -2.41. The van der Waals surface area contributed by atoms with E-state index in [2.05, 4.69) is 16.0 Å². The van der Waals surface area contributed by atoms with Crippen LogP contribution in [-0.4, -0.2) is 26.5 Å². The van der Waals surface area contributed by atoms with Crippen molar-refractivity contribution < 1.29 is 14.5 Å². The molecule has 0 saturated heterocycles. The van der Waals surface area contributed by atoms with Crippen molar-refractivity contribution in [3.8, 4) is 5.69 Å². The second-order valence-corrected chi connectivity index (χ2v) is 5.82. The molecule has 0 aliphatic heterocycles. The van der Waals surface area contributed by atoms with Crippen molar-refractivity contribution in [1.29, 1.82) is 0 Å². The van der Waals surface area contributed by atoms with Crippen molar-refractivity contribution in [2.45, 2.75) is 13.3 Å². The number of benzene rings is 2. The lowest BCUT2D eigenvalue weighted by atomic mass is 10.2. The quantitative estimate of drug-likeness (QED) is 0.521. The lowest BCUT2D eigenvalue weighted by molar-refractivity contribution is -0.384. The Morgan fingerprint density at radius 1 is 1.07 bits per heavy atom. The molecule has 0 aliphatic carbocycles. The third-order valence-corrected chi connectivity index (χ3v) is 4.06. The van der Waals surface area contributed by atoms with E-state index in [1.165, 1.54) is 24.4 Å². The number of nitro groups is 1. The number of amides is 2. The number of nitro benzene ring substituents is 1. The fourth-order valence-electron chi connectivity index (χ4n) is 2.71. The first-order valence-electron chi connectivity index (χ1n) is 8.48. The number of nitrogens with one attached hydrogen (secondary N) is 2. The summed E-state index contributed by atoms with van der Waals surface area (Å²) >= 11 is 0. The van der Waals surface area contributed by atoms with Crippen LogP contribution in [0.3, 0.4) is 0 Å². The van der Waals surface area contributed by atoms with E-state index in [0.29, 0.717) is 17.7 Å². The summed E-state index contributed by atoms with van der Waals surface area (Å²) in [6.45, 7) is 1.90. The fourth-order valence-corrected chi connectivity index (χ4v) is 2.71. The van der Waals surface area contributed by atoms with Crippen LogP contribution in [0.15, 0.2) is 60.8 Å². The van der Waals surface area contributed by atoms with E-state index in [-0.39, 0.29) is 11.3 Å². The molecule has 9 heteroatoms. The number of hydrazine groups is 1. The van der Waals surface area contributed by atoms with E-state index in [1.54, 1.807) is 4.68 Å². The highest BCUT2D eigenvalue weighted by atomic mass is 16.6. The van der Waals surface area contributed by atoms with Crippen molar-refractivity contribution in [3.05, 3.63) is 87.7 Å². The smallest absolute Gasteiger partial charge is 0.267 e. The molecule has 142 valence electrons. The molecule has 3 aromatic rings. The van der Waals surface area contributed by atoms with E-state index >= 15 is 0 Å². The summed E-state index contributed by atoms with van der Waals surface area (Å²) < 4.78 is 1.66. The first-order valence-corrected chi connectivity index (χ1v) is 8.48. The maximum absolute atomic E-state index is 12.5. The van der Waals surface area contributed by atoms with Gasteiger partial charge in [-0.1, -0.05) is 31.2 Å². The Hall–Kier alpha value is -4.01. The molecule has 0 radical (unpaired) electrons. The highest BCUT2D eigenvalue weighted by Crippen LogP contribution is 2.16. The van der Waals surface area contributed by atoms with Crippen molar-refractivity contribution >= 4 is 17.5 Å². The molecule has 0 fully saturated rings. The lowest BCUT2D eigenvalue weighted by Gasteiger charge is -2.09. The molecule has 0 atom stereocenters. The summed E-state index contributed by atoms with van der Waals surface area (Å²) in [6, 6.07) is 14.6. The number of hydrogen-bond acceptors (Lipinski definition) is 5. The molecule has 1 aromatic heterocycles. The van der Waals surface area contributed by atoms with Crippen molar-refractivity contribution in [2.75, 3.05) is 0 Å². The van der Waals surface area contributed by atoms with Crippen LogP contribution in [0.1, 0.15) is 33.3 Å². The Morgan fingerprint density at radius 2 is 1.79 bits per heavy atom. The monoisotopic (exact) mass is 379 g/mol. The zero-order chi connectivity index (χ0) is 20.1. The Bertz CT molecular complexity index is 1030. The summed E-state index contributed by atoms with van der Waals surface area (Å²) in [7, 11) is 0. The van der Waals surface area contributed by atoms with Crippen LogP contribution in [-0.2, 0) is 6.42 Å². The van der Waals surface area contributed by atoms with Gasteiger partial charge in [-0.3, -0.25) is 30.6 Å². The third kappa shape index (κ3) is 3.88. The molecule has 2 amide bonds. The number of hydrogen-bond donors (Lipinski definition) is 2. The molecule has 28 heavy (non-hydrogen) atoms. The van der Waals surface area contributed by atoms with Gasteiger partial charge < -0.3 is 0 Å². The number of non-ortho nitro benzene ring substituents is 1. The van der Waals surface area contributed by atoms with Gasteiger partial charge >= 0.3 is 0 Å². The van der Waals surface area contributed by atoms with Gasteiger partial charge in [0, 0.05) is 17.7 Å². The van der Waals surface area contributed by atoms with Crippen LogP contribution in [0.4, 0.5) is 5.69 Å². The zero-order valence-corrected chi connectivity index (χ0v) is 15.0. The molecule has 3 rings (SSSR count). The van der Waals surface area contributed by atoms with E-state index in [9.17, 15) is 19.7 Å². The van der Waals surface area contributed by atoms with Gasteiger partial charge in [0.2, 0.25) is 0 Å². The van der Waals surface area contributed by atoms with Crippen LogP contribution in [0.2, 0.25) is 0 Å². The number of para-hydroxylation sites is 1. The zero-order valence-electron chi connectivity index (χ0n) is 15.0. The highest BCUT2D eigenvalue weighted by Gasteiger charge is 2.18. The summed E-state index contributed by atoms with van der Waals surface area (Å²) in [4.78, 5) is 34.9. The van der Waals surface area contributed by atoms with E-state index in [0.717, 1.165) is 11.8 Å². The summed E-state index contributed by atoms with van der Waals surface area (Å²) in [5, 5.41) is 15.1. The van der Waals surface area contributed by atoms with E-state index in [1.807, 2.05) is 37.3 Å². The van der Waals surface area contributed by atoms with Crippen molar-refractivity contribution in [2.24, 2.45) is 0 Å². The van der Waals surface area contributed by atoms with Gasteiger partial charge in [0.25, 0.3) is 17.5 Å². The molecule has 0 spiro atoms. The Kier molecular flexibility index (Phi) is 5.45. The normalized spacial score (nSPS) is 10.3. The second-order valence-electron chi connectivity index (χ2n) is 5.82. The standard InChI is InChI=1S/C19H17N5O4/c1-2-17-16(12-20-23(17)14-8-4-3-5-9-14)19(26)22-21-18(25)13-7-6-10-15(11-13)24(27)28/h3-12H,2H2,1H3,(H,21,25)(H,22,26). The molecule has 0 aliphatic rings. The van der Waals surface area contributed by atoms with E-state index in [4.69, 9.17) is 0 Å². The predicted molar refractivity (Wildman–Crippen MR) is 101 cm³/mol. The first-order chi connectivity index (χ1) is 13.5. The van der Waals surface area contributed by atoms with Crippen LogP contribution in [0, 0.1) is 10.1 Å². The summed E-state index contributed by atoms with van der Waals surface area (Å²) in [6.07, 6.45) is 1.98. The van der Waals surface area contributed by atoms with Gasteiger partial charge in [-0.25, -0.2) is 4.68 Å². The highest BCUT2D eigenvalue weighted by molar-refractivity contribution is 5.99. The average molecular weight is 379 g/mol. The van der Waals surface area contributed by atoms with Crippen LogP contribution in [0.25, 0.3) is 5.69 Å². The minimum Gasteiger partial charge on any atom is -0.267 e. The van der Waals surface area contributed by atoms with Crippen molar-refractivity contribution in [1.82, 2.24) is 20.6 Å². The minimum absolute atomic E-state index is 0.0604. The fraction of sp³-hybridized carbons (Fsp3) is 0.105. The number of carbonyl (C=O) groups is 2. The van der Waals surface area contributed by atoms with Gasteiger partial charge in [0.1, 0.15) is 0 Å². The number of rotatable bonds is 5. The largest absolute Gasteiger partial charge is 0.273 e. The average Bonchev–Trinajstić information content (AvgIpc) is 3.16. The molecule has 1 heterocycles. The first kappa shape index (κ1) is 18.8. The Balaban J connectivity index is 1.73. The van der Waals surface area contributed by atoms with Gasteiger partial charge in [0.05, 0.1) is 28.1 Å². The Labute approximate surface area is 160 Å². The number of aromatic nitrogens is 2. The molecule has 2 aromatic carbocycles.